The highest BCUT2D eigenvalue weighted by Gasteiger charge is 2.29. The molecule has 0 bridgehead atoms. The van der Waals surface area contributed by atoms with E-state index >= 15 is 0 Å². The predicted molar refractivity (Wildman–Crippen MR) is 78.1 cm³/mol. The van der Waals surface area contributed by atoms with Crippen molar-refractivity contribution >= 4 is 0 Å². The van der Waals surface area contributed by atoms with E-state index in [0.717, 1.165) is 35.5 Å². The molecule has 102 valence electrons. The normalized spacial score (nSPS) is 27.4. The summed E-state index contributed by atoms with van der Waals surface area (Å²) >= 11 is 0. The predicted octanol–water partition coefficient (Wildman–Crippen LogP) is 5.77. The summed E-state index contributed by atoms with van der Waals surface area (Å²) in [6, 6.07) is 0. The van der Waals surface area contributed by atoms with Crippen LogP contribution in [0.25, 0.3) is 0 Å². The van der Waals surface area contributed by atoms with E-state index in [1.165, 1.54) is 32.1 Å². The van der Waals surface area contributed by atoms with E-state index in [1.54, 1.807) is 0 Å². The van der Waals surface area contributed by atoms with Crippen LogP contribution in [0.2, 0.25) is 0 Å². The molecular weight excluding hydrogens is 204 g/mol. The number of hydrogen-bond donors (Lipinski definition) is 0. The van der Waals surface area contributed by atoms with Crippen LogP contribution >= 0.6 is 0 Å². The lowest BCUT2D eigenvalue weighted by atomic mass is 9.73. The minimum Gasteiger partial charge on any atom is -0.0651 e. The van der Waals surface area contributed by atoms with Gasteiger partial charge in [-0.05, 0) is 48.3 Å². The zero-order chi connectivity index (χ0) is 13.0. The van der Waals surface area contributed by atoms with Gasteiger partial charge < -0.3 is 0 Å². The number of hydrogen-bond acceptors (Lipinski definition) is 0. The Balaban J connectivity index is 2.44. The summed E-state index contributed by atoms with van der Waals surface area (Å²) in [5.41, 5.74) is 0. The van der Waals surface area contributed by atoms with E-state index in [2.05, 4.69) is 41.5 Å². The molecule has 0 radical (unpaired) electrons. The molecule has 0 aromatic rings. The maximum atomic E-state index is 2.50. The van der Waals surface area contributed by atoms with Crippen molar-refractivity contribution in [2.75, 3.05) is 0 Å². The van der Waals surface area contributed by atoms with Crippen molar-refractivity contribution in [3.05, 3.63) is 0 Å². The lowest BCUT2D eigenvalue weighted by Gasteiger charge is -2.32. The van der Waals surface area contributed by atoms with E-state index in [-0.39, 0.29) is 0 Å². The second-order valence-electron chi connectivity index (χ2n) is 7.23. The minimum absolute atomic E-state index is 0.841. The quantitative estimate of drug-likeness (QED) is 0.551. The highest BCUT2D eigenvalue weighted by atomic mass is 14.3. The van der Waals surface area contributed by atoms with Gasteiger partial charge in [-0.2, -0.15) is 0 Å². The molecule has 0 saturated heterocycles. The van der Waals surface area contributed by atoms with Crippen molar-refractivity contribution < 1.29 is 0 Å². The fraction of sp³-hybridized carbons (Fsp3) is 1.00. The van der Waals surface area contributed by atoms with Crippen LogP contribution in [0.4, 0.5) is 0 Å². The highest BCUT2D eigenvalue weighted by molar-refractivity contribution is 4.80. The third-order valence-corrected chi connectivity index (χ3v) is 5.13. The maximum absolute atomic E-state index is 2.50. The Hall–Kier alpha value is 0. The summed E-state index contributed by atoms with van der Waals surface area (Å²) < 4.78 is 0. The summed E-state index contributed by atoms with van der Waals surface area (Å²) in [7, 11) is 0. The molecule has 0 heteroatoms. The zero-order valence-electron chi connectivity index (χ0n) is 13.0. The first-order valence-electron chi connectivity index (χ1n) is 7.95. The monoisotopic (exact) mass is 238 g/mol. The fourth-order valence-corrected chi connectivity index (χ4v) is 4.53. The third-order valence-electron chi connectivity index (χ3n) is 5.13. The van der Waals surface area contributed by atoms with Crippen LogP contribution < -0.4 is 0 Å². The molecule has 1 rings (SSSR count). The first-order chi connectivity index (χ1) is 7.95. The van der Waals surface area contributed by atoms with Crippen molar-refractivity contribution in [2.45, 2.75) is 73.6 Å². The van der Waals surface area contributed by atoms with Gasteiger partial charge in [-0.25, -0.2) is 0 Å². The van der Waals surface area contributed by atoms with Gasteiger partial charge in [-0.15, -0.1) is 0 Å². The average Bonchev–Trinajstić information content (AvgIpc) is 2.64. The molecule has 1 saturated carbocycles. The minimum atomic E-state index is 0.841. The summed E-state index contributed by atoms with van der Waals surface area (Å²) in [4.78, 5) is 0. The van der Waals surface area contributed by atoms with Crippen molar-refractivity contribution in [3.8, 4) is 0 Å². The molecule has 0 nitrogen and oxygen atoms in total. The van der Waals surface area contributed by atoms with Gasteiger partial charge in [0.1, 0.15) is 0 Å². The molecule has 0 spiro atoms. The molecule has 3 atom stereocenters. The van der Waals surface area contributed by atoms with Crippen LogP contribution in [0.1, 0.15) is 73.6 Å². The number of rotatable bonds is 6. The van der Waals surface area contributed by atoms with Crippen LogP contribution in [0.5, 0.6) is 0 Å². The highest BCUT2D eigenvalue weighted by Crippen LogP contribution is 2.40. The third kappa shape index (κ3) is 4.30. The van der Waals surface area contributed by atoms with Crippen LogP contribution in [-0.2, 0) is 0 Å². The lowest BCUT2D eigenvalue weighted by molar-refractivity contribution is 0.170. The van der Waals surface area contributed by atoms with E-state index in [9.17, 15) is 0 Å². The standard InChI is InChI=1S/C17H34/c1-7-15-8-9-16(11-15)10-14(6)17(12(2)3)13(4)5/h12-17H,7-11H2,1-6H3. The largest absolute Gasteiger partial charge is 0.0651 e. The van der Waals surface area contributed by atoms with Crippen LogP contribution in [-0.4, -0.2) is 0 Å². The molecule has 1 fully saturated rings. The first kappa shape index (κ1) is 15.1. The van der Waals surface area contributed by atoms with Crippen molar-refractivity contribution in [3.63, 3.8) is 0 Å². The summed E-state index contributed by atoms with van der Waals surface area (Å²) in [5.74, 6) is 5.59. The Morgan fingerprint density at radius 1 is 0.882 bits per heavy atom. The van der Waals surface area contributed by atoms with Gasteiger partial charge in [-0.1, -0.05) is 60.8 Å². The van der Waals surface area contributed by atoms with Crippen molar-refractivity contribution in [2.24, 2.45) is 35.5 Å². The fourth-order valence-electron chi connectivity index (χ4n) is 4.53. The topological polar surface area (TPSA) is 0 Å². The SMILES string of the molecule is CCC1CCC(CC(C)C(C(C)C)C(C)C)C1. The van der Waals surface area contributed by atoms with Gasteiger partial charge in [-0.3, -0.25) is 0 Å². The molecule has 0 heterocycles. The summed E-state index contributed by atoms with van der Waals surface area (Å²) in [6.45, 7) is 14.5. The molecule has 0 aliphatic heterocycles. The Morgan fingerprint density at radius 3 is 1.82 bits per heavy atom. The zero-order valence-corrected chi connectivity index (χ0v) is 13.0. The van der Waals surface area contributed by atoms with Crippen molar-refractivity contribution in [1.82, 2.24) is 0 Å². The molecular formula is C17H34. The van der Waals surface area contributed by atoms with Crippen LogP contribution in [0, 0.1) is 35.5 Å². The maximum Gasteiger partial charge on any atom is -0.0342 e. The molecule has 0 aromatic heterocycles. The lowest BCUT2D eigenvalue weighted by Crippen LogP contribution is -2.25. The Morgan fingerprint density at radius 2 is 1.41 bits per heavy atom. The second-order valence-corrected chi connectivity index (χ2v) is 7.23. The smallest absolute Gasteiger partial charge is 0.0342 e. The molecule has 1 aliphatic rings. The first-order valence-corrected chi connectivity index (χ1v) is 7.95. The molecule has 1 aliphatic carbocycles. The molecule has 0 N–H and O–H groups in total. The van der Waals surface area contributed by atoms with Gasteiger partial charge in [0.2, 0.25) is 0 Å². The van der Waals surface area contributed by atoms with E-state index in [1.807, 2.05) is 0 Å². The molecule has 0 amide bonds. The molecule has 0 aromatic carbocycles. The Bertz CT molecular complexity index is 196. The van der Waals surface area contributed by atoms with Crippen molar-refractivity contribution in [1.29, 1.82) is 0 Å². The molecule has 17 heavy (non-hydrogen) atoms. The Kier molecular flexibility index (Phi) is 6.03. The van der Waals surface area contributed by atoms with Gasteiger partial charge in [0, 0.05) is 0 Å². The van der Waals surface area contributed by atoms with E-state index in [4.69, 9.17) is 0 Å². The summed E-state index contributed by atoms with van der Waals surface area (Å²) in [6.07, 6.45) is 7.41. The summed E-state index contributed by atoms with van der Waals surface area (Å²) in [5, 5.41) is 0. The van der Waals surface area contributed by atoms with E-state index in [0.29, 0.717) is 0 Å². The van der Waals surface area contributed by atoms with Gasteiger partial charge in [0.05, 0.1) is 0 Å². The Labute approximate surface area is 110 Å². The second kappa shape index (κ2) is 6.81. The van der Waals surface area contributed by atoms with E-state index < -0.39 is 0 Å². The van der Waals surface area contributed by atoms with Crippen LogP contribution in [0.3, 0.4) is 0 Å². The van der Waals surface area contributed by atoms with Gasteiger partial charge >= 0.3 is 0 Å². The van der Waals surface area contributed by atoms with Gasteiger partial charge in [0.15, 0.2) is 0 Å². The molecule has 3 unspecified atom stereocenters. The van der Waals surface area contributed by atoms with Gasteiger partial charge in [0.25, 0.3) is 0 Å². The average molecular weight is 238 g/mol. The van der Waals surface area contributed by atoms with Crippen LogP contribution in [0.15, 0.2) is 0 Å².